The van der Waals surface area contributed by atoms with Gasteiger partial charge in [-0.3, -0.25) is 0 Å². The lowest BCUT2D eigenvalue weighted by atomic mass is 10.2. The summed E-state index contributed by atoms with van der Waals surface area (Å²) in [6.07, 6.45) is 0.00860. The van der Waals surface area contributed by atoms with Crippen LogP contribution in [0.4, 0.5) is 0 Å². The molecule has 0 fully saturated rings. The molecule has 5 nitrogen and oxygen atoms in total. The number of nitrogens with one attached hydrogen (secondary N) is 2. The number of hydrogen-bond acceptors (Lipinski definition) is 3. The Morgan fingerprint density at radius 2 is 1.96 bits per heavy atom. The zero-order valence-corrected chi connectivity index (χ0v) is 17.1. The molecule has 0 amide bonds. The van der Waals surface area contributed by atoms with E-state index in [1.165, 1.54) is 0 Å². The molecule has 1 aromatic rings. The third kappa shape index (κ3) is 9.00. The number of ether oxygens (including phenoxy) is 2. The smallest absolute Gasteiger partial charge is 0.191 e. The maximum absolute atomic E-state index is 5.94. The summed E-state index contributed by atoms with van der Waals surface area (Å²) in [5.74, 6) is 1.70. The molecule has 1 rings (SSSR count). The number of halogens is 1. The molecular weight excluding hydrogens is 405 g/mol. The zero-order chi connectivity index (χ0) is 16.4. The average molecular weight is 435 g/mol. The van der Waals surface area contributed by atoms with Crippen molar-refractivity contribution in [1.82, 2.24) is 10.6 Å². The van der Waals surface area contributed by atoms with Crippen molar-refractivity contribution in [3.05, 3.63) is 29.8 Å². The number of benzene rings is 1. The molecule has 0 aromatic heterocycles. The van der Waals surface area contributed by atoms with E-state index in [1.807, 2.05) is 45.0 Å². The normalized spacial score (nSPS) is 13.7. The summed E-state index contributed by atoms with van der Waals surface area (Å²) in [7, 11) is 1.69. The van der Waals surface area contributed by atoms with Crippen molar-refractivity contribution in [3.63, 3.8) is 0 Å². The Hall–Kier alpha value is -1.02. The fourth-order valence-electron chi connectivity index (χ4n) is 2.01. The van der Waals surface area contributed by atoms with Crippen molar-refractivity contribution in [2.45, 2.75) is 39.8 Å². The van der Waals surface area contributed by atoms with Crippen LogP contribution in [0.15, 0.2) is 29.3 Å². The highest BCUT2D eigenvalue weighted by molar-refractivity contribution is 14.0. The van der Waals surface area contributed by atoms with Gasteiger partial charge >= 0.3 is 0 Å². The van der Waals surface area contributed by atoms with Gasteiger partial charge in [-0.05, 0) is 39.3 Å². The highest BCUT2D eigenvalue weighted by Crippen LogP contribution is 2.17. The molecular formula is C17H30IN3O2. The first-order valence-corrected chi connectivity index (χ1v) is 7.82. The number of hydrogen-bond donors (Lipinski definition) is 2. The van der Waals surface area contributed by atoms with Crippen molar-refractivity contribution < 1.29 is 9.47 Å². The molecule has 0 spiro atoms. The summed E-state index contributed by atoms with van der Waals surface area (Å²) in [6, 6.07) is 8.23. The van der Waals surface area contributed by atoms with Gasteiger partial charge in [-0.15, -0.1) is 24.0 Å². The van der Waals surface area contributed by atoms with Crippen molar-refractivity contribution in [2.75, 3.05) is 26.8 Å². The number of aliphatic imine (C=N–C) groups is 1. The van der Waals surface area contributed by atoms with Gasteiger partial charge in [0.2, 0.25) is 0 Å². The van der Waals surface area contributed by atoms with E-state index in [0.29, 0.717) is 13.2 Å². The van der Waals surface area contributed by atoms with Crippen LogP contribution in [-0.2, 0) is 4.74 Å². The molecule has 2 atom stereocenters. The monoisotopic (exact) mass is 435 g/mol. The summed E-state index contributed by atoms with van der Waals surface area (Å²) in [5.41, 5.74) is 1.14. The molecule has 0 radical (unpaired) electrons. The quantitative estimate of drug-likeness (QED) is 0.375. The van der Waals surface area contributed by atoms with Gasteiger partial charge in [-0.2, -0.15) is 0 Å². The summed E-state index contributed by atoms with van der Waals surface area (Å²) in [5, 5.41) is 6.54. The Labute approximate surface area is 157 Å². The van der Waals surface area contributed by atoms with Crippen LogP contribution in [0, 0.1) is 6.92 Å². The van der Waals surface area contributed by atoms with Crippen LogP contribution in [0.2, 0.25) is 0 Å². The SMILES string of the molecule is CCNC(=NCC(C)Oc1ccccc1C)NC(C)COC.I. The van der Waals surface area contributed by atoms with E-state index >= 15 is 0 Å². The fraction of sp³-hybridized carbons (Fsp3) is 0.588. The van der Waals surface area contributed by atoms with Crippen molar-refractivity contribution >= 4 is 29.9 Å². The van der Waals surface area contributed by atoms with Crippen molar-refractivity contribution in [2.24, 2.45) is 4.99 Å². The number of para-hydroxylation sites is 1. The topological polar surface area (TPSA) is 54.9 Å². The molecule has 6 heteroatoms. The van der Waals surface area contributed by atoms with Crippen LogP contribution >= 0.6 is 24.0 Å². The van der Waals surface area contributed by atoms with Crippen LogP contribution in [0.25, 0.3) is 0 Å². The van der Waals surface area contributed by atoms with E-state index in [0.717, 1.165) is 23.8 Å². The van der Waals surface area contributed by atoms with Crippen LogP contribution < -0.4 is 15.4 Å². The lowest BCUT2D eigenvalue weighted by Gasteiger charge is -2.19. The molecule has 0 bridgehead atoms. The third-order valence-corrected chi connectivity index (χ3v) is 3.07. The number of rotatable bonds is 8. The van der Waals surface area contributed by atoms with Gasteiger partial charge in [0.15, 0.2) is 5.96 Å². The average Bonchev–Trinajstić information content (AvgIpc) is 2.48. The molecule has 0 saturated carbocycles. The summed E-state index contributed by atoms with van der Waals surface area (Å²) < 4.78 is 11.1. The molecule has 132 valence electrons. The van der Waals surface area contributed by atoms with Gasteiger partial charge in [0, 0.05) is 19.7 Å². The summed E-state index contributed by atoms with van der Waals surface area (Å²) in [4.78, 5) is 4.58. The first-order chi connectivity index (χ1) is 10.6. The van der Waals surface area contributed by atoms with Gasteiger partial charge in [-0.1, -0.05) is 18.2 Å². The molecule has 1 aromatic carbocycles. The van der Waals surface area contributed by atoms with Crippen LogP contribution in [0.3, 0.4) is 0 Å². The molecule has 0 aliphatic carbocycles. The van der Waals surface area contributed by atoms with Gasteiger partial charge in [0.1, 0.15) is 11.9 Å². The van der Waals surface area contributed by atoms with Gasteiger partial charge < -0.3 is 20.1 Å². The third-order valence-electron chi connectivity index (χ3n) is 3.07. The van der Waals surface area contributed by atoms with Crippen LogP contribution in [0.5, 0.6) is 5.75 Å². The maximum Gasteiger partial charge on any atom is 0.191 e. The molecule has 0 aliphatic rings. The van der Waals surface area contributed by atoms with Crippen molar-refractivity contribution in [1.29, 1.82) is 0 Å². The predicted octanol–water partition coefficient (Wildman–Crippen LogP) is 2.97. The highest BCUT2D eigenvalue weighted by atomic mass is 127. The molecule has 0 saturated heterocycles. The van der Waals surface area contributed by atoms with Crippen LogP contribution in [0.1, 0.15) is 26.3 Å². The second-order valence-electron chi connectivity index (χ2n) is 5.41. The number of guanidine groups is 1. The minimum Gasteiger partial charge on any atom is -0.489 e. The van der Waals surface area contributed by atoms with Gasteiger partial charge in [-0.25, -0.2) is 4.99 Å². The predicted molar refractivity (Wildman–Crippen MR) is 107 cm³/mol. The van der Waals surface area contributed by atoms with E-state index in [4.69, 9.17) is 9.47 Å². The largest absolute Gasteiger partial charge is 0.489 e. The summed E-state index contributed by atoms with van der Waals surface area (Å²) in [6.45, 7) is 10.2. The van der Waals surface area contributed by atoms with E-state index in [2.05, 4.69) is 22.5 Å². The Balaban J connectivity index is 0.00000484. The van der Waals surface area contributed by atoms with E-state index in [9.17, 15) is 0 Å². The molecule has 2 N–H and O–H groups in total. The first-order valence-electron chi connectivity index (χ1n) is 7.82. The first kappa shape index (κ1) is 22.0. The van der Waals surface area contributed by atoms with E-state index < -0.39 is 0 Å². The summed E-state index contributed by atoms with van der Waals surface area (Å²) >= 11 is 0. The number of aryl methyl sites for hydroxylation is 1. The maximum atomic E-state index is 5.94. The fourth-order valence-corrected chi connectivity index (χ4v) is 2.01. The Bertz CT molecular complexity index is 469. The van der Waals surface area contributed by atoms with Crippen molar-refractivity contribution in [3.8, 4) is 5.75 Å². The van der Waals surface area contributed by atoms with E-state index in [-0.39, 0.29) is 36.1 Å². The Morgan fingerprint density at radius 1 is 1.26 bits per heavy atom. The second kappa shape index (κ2) is 12.4. The lowest BCUT2D eigenvalue weighted by molar-refractivity contribution is 0.179. The lowest BCUT2D eigenvalue weighted by Crippen LogP contribution is -2.44. The number of nitrogens with zero attached hydrogens (tertiary/aromatic N) is 1. The minimum atomic E-state index is 0. The highest BCUT2D eigenvalue weighted by Gasteiger charge is 2.08. The molecule has 23 heavy (non-hydrogen) atoms. The second-order valence-corrected chi connectivity index (χ2v) is 5.41. The van der Waals surface area contributed by atoms with Crippen LogP contribution in [-0.4, -0.2) is 44.9 Å². The minimum absolute atomic E-state index is 0. The van der Waals surface area contributed by atoms with Gasteiger partial charge in [0.25, 0.3) is 0 Å². The number of methoxy groups -OCH3 is 1. The Morgan fingerprint density at radius 3 is 2.57 bits per heavy atom. The zero-order valence-electron chi connectivity index (χ0n) is 14.8. The molecule has 0 aliphatic heterocycles. The Kier molecular flexibility index (Phi) is 11.9. The standard InChI is InChI=1S/C17H29N3O2.HI/c1-6-18-17(20-14(3)12-21-5)19-11-15(4)22-16-10-8-7-9-13(16)2;/h7-10,14-15H,6,11-12H2,1-5H3,(H2,18,19,20);1H. The molecule has 0 heterocycles. The molecule has 2 unspecified atom stereocenters. The van der Waals surface area contributed by atoms with Gasteiger partial charge in [0.05, 0.1) is 13.2 Å². The van der Waals surface area contributed by atoms with E-state index in [1.54, 1.807) is 7.11 Å².